The van der Waals surface area contributed by atoms with Gasteiger partial charge in [-0.1, -0.05) is 0 Å². The van der Waals surface area contributed by atoms with Crippen LogP contribution in [0.15, 0.2) is 48.7 Å². The minimum atomic E-state index is -0.501. The maximum absolute atomic E-state index is 13.1. The van der Waals surface area contributed by atoms with E-state index in [0.717, 1.165) is 5.69 Å². The zero-order valence-electron chi connectivity index (χ0n) is 11.7. The summed E-state index contributed by atoms with van der Waals surface area (Å²) in [6.45, 7) is 0. The van der Waals surface area contributed by atoms with Crippen LogP contribution in [0, 0.1) is 17.1 Å². The number of aromatic nitrogens is 1. The number of methoxy groups -OCH3 is 1. The predicted molar refractivity (Wildman–Crippen MR) is 79.3 cm³/mol. The molecule has 0 N–H and O–H groups in total. The van der Waals surface area contributed by atoms with E-state index in [9.17, 15) is 9.18 Å². The molecule has 0 saturated heterocycles. The topological polar surface area (TPSA) is 55.0 Å². The molecule has 1 heterocycles. The number of esters is 1. The van der Waals surface area contributed by atoms with Crippen LogP contribution in [0.5, 0.6) is 0 Å². The van der Waals surface area contributed by atoms with E-state index in [1.54, 1.807) is 35.0 Å². The molecule has 1 aromatic heterocycles. The van der Waals surface area contributed by atoms with Gasteiger partial charge in [0.1, 0.15) is 5.82 Å². The largest absolute Gasteiger partial charge is 0.465 e. The van der Waals surface area contributed by atoms with E-state index >= 15 is 0 Å². The molecule has 2 aromatic carbocycles. The summed E-state index contributed by atoms with van der Waals surface area (Å²) in [7, 11) is 1.30. The van der Waals surface area contributed by atoms with E-state index in [2.05, 4.69) is 0 Å². The number of benzene rings is 2. The number of ether oxygens (including phenoxy) is 1. The van der Waals surface area contributed by atoms with Crippen LogP contribution in [0.25, 0.3) is 16.6 Å². The lowest BCUT2D eigenvalue weighted by Gasteiger charge is -2.07. The zero-order chi connectivity index (χ0) is 15.7. The maximum atomic E-state index is 13.1. The molecule has 0 aliphatic rings. The number of carbonyl (C=O) groups excluding carboxylic acids is 1. The summed E-state index contributed by atoms with van der Waals surface area (Å²) in [4.78, 5) is 11.9. The van der Waals surface area contributed by atoms with Gasteiger partial charge in [0.2, 0.25) is 0 Å². The van der Waals surface area contributed by atoms with E-state index in [0.29, 0.717) is 22.0 Å². The van der Waals surface area contributed by atoms with E-state index in [1.165, 1.54) is 25.3 Å². The molecule has 108 valence electrons. The Bertz CT molecular complexity index is 905. The smallest absolute Gasteiger partial charge is 0.338 e. The summed E-state index contributed by atoms with van der Waals surface area (Å²) in [6.07, 6.45) is 1.77. The normalized spacial score (nSPS) is 10.4. The third-order valence-corrected chi connectivity index (χ3v) is 3.45. The second-order valence-electron chi connectivity index (χ2n) is 4.72. The first kappa shape index (κ1) is 13.8. The summed E-state index contributed by atoms with van der Waals surface area (Å²) in [5.74, 6) is -0.827. The Hall–Kier alpha value is -3.13. The lowest BCUT2D eigenvalue weighted by atomic mass is 10.1. The van der Waals surface area contributed by atoms with Gasteiger partial charge in [0.05, 0.1) is 29.8 Å². The molecular formula is C17H11FN2O2. The van der Waals surface area contributed by atoms with Gasteiger partial charge in [0.15, 0.2) is 0 Å². The number of hydrogen-bond donors (Lipinski definition) is 0. The fourth-order valence-corrected chi connectivity index (χ4v) is 2.41. The van der Waals surface area contributed by atoms with Gasteiger partial charge in [-0.2, -0.15) is 5.26 Å². The highest BCUT2D eigenvalue weighted by molar-refractivity contribution is 6.04. The van der Waals surface area contributed by atoms with Crippen molar-refractivity contribution in [1.29, 1.82) is 5.26 Å². The number of carbonyl (C=O) groups is 1. The number of halogens is 1. The van der Waals surface area contributed by atoms with Crippen molar-refractivity contribution in [3.8, 4) is 11.8 Å². The van der Waals surface area contributed by atoms with E-state index in [1.807, 2.05) is 6.07 Å². The van der Waals surface area contributed by atoms with Gasteiger partial charge in [-0.25, -0.2) is 9.18 Å². The number of nitriles is 1. The predicted octanol–water partition coefficient (Wildman–Crippen LogP) is 3.43. The van der Waals surface area contributed by atoms with Crippen LogP contribution in [0.3, 0.4) is 0 Å². The molecule has 0 fully saturated rings. The lowest BCUT2D eigenvalue weighted by Crippen LogP contribution is -2.03. The number of fused-ring (bicyclic) bond motifs is 1. The molecule has 0 saturated carbocycles. The van der Waals surface area contributed by atoms with E-state index in [4.69, 9.17) is 10.00 Å². The van der Waals surface area contributed by atoms with Gasteiger partial charge in [-0.3, -0.25) is 0 Å². The molecule has 3 aromatic rings. The van der Waals surface area contributed by atoms with Crippen molar-refractivity contribution in [2.24, 2.45) is 0 Å². The summed E-state index contributed by atoms with van der Waals surface area (Å²) in [6, 6.07) is 13.0. The first-order valence-corrected chi connectivity index (χ1v) is 6.53. The monoisotopic (exact) mass is 294 g/mol. The summed E-state index contributed by atoms with van der Waals surface area (Å²) >= 11 is 0. The van der Waals surface area contributed by atoms with Crippen LogP contribution >= 0.6 is 0 Å². The maximum Gasteiger partial charge on any atom is 0.338 e. The number of rotatable bonds is 2. The van der Waals surface area contributed by atoms with Crippen LogP contribution < -0.4 is 0 Å². The molecule has 0 spiro atoms. The van der Waals surface area contributed by atoms with Crippen LogP contribution in [0.2, 0.25) is 0 Å². The Morgan fingerprint density at radius 1 is 1.23 bits per heavy atom. The highest BCUT2D eigenvalue weighted by Gasteiger charge is 2.15. The third-order valence-electron chi connectivity index (χ3n) is 3.45. The molecule has 0 unspecified atom stereocenters. The van der Waals surface area contributed by atoms with Crippen molar-refractivity contribution < 1.29 is 13.9 Å². The molecule has 0 radical (unpaired) electrons. The molecule has 5 heteroatoms. The fourth-order valence-electron chi connectivity index (χ4n) is 2.41. The molecule has 0 amide bonds. The fraction of sp³-hybridized carbons (Fsp3) is 0.0588. The first-order valence-electron chi connectivity index (χ1n) is 6.53. The standard InChI is InChI=1S/C17H11FN2O2/c1-22-17(21)15-8-11(10-19)9-16-14(15)6-7-20(16)13-4-2-12(18)3-5-13/h2-9H,1H3. The van der Waals surface area contributed by atoms with Crippen LogP contribution in [-0.2, 0) is 4.74 Å². The minimum absolute atomic E-state index is 0.326. The molecule has 0 atom stereocenters. The van der Waals surface area contributed by atoms with E-state index in [-0.39, 0.29) is 5.82 Å². The van der Waals surface area contributed by atoms with Gasteiger partial charge in [-0.05, 0) is 42.5 Å². The van der Waals surface area contributed by atoms with Crippen molar-refractivity contribution in [3.63, 3.8) is 0 Å². The second kappa shape index (κ2) is 5.34. The average Bonchev–Trinajstić information content (AvgIpc) is 2.97. The Morgan fingerprint density at radius 2 is 1.95 bits per heavy atom. The van der Waals surface area contributed by atoms with Crippen molar-refractivity contribution >= 4 is 16.9 Å². The van der Waals surface area contributed by atoms with Gasteiger partial charge in [0, 0.05) is 17.3 Å². The van der Waals surface area contributed by atoms with Crippen molar-refractivity contribution in [2.75, 3.05) is 7.11 Å². The molecule has 0 aliphatic carbocycles. The van der Waals surface area contributed by atoms with Gasteiger partial charge in [-0.15, -0.1) is 0 Å². The van der Waals surface area contributed by atoms with Crippen molar-refractivity contribution in [1.82, 2.24) is 4.57 Å². The van der Waals surface area contributed by atoms with E-state index < -0.39 is 5.97 Å². The zero-order valence-corrected chi connectivity index (χ0v) is 11.7. The summed E-state index contributed by atoms with van der Waals surface area (Å²) in [5.41, 5.74) is 2.11. The molecule has 4 nitrogen and oxygen atoms in total. The Balaban J connectivity index is 2.28. The van der Waals surface area contributed by atoms with Gasteiger partial charge in [0.25, 0.3) is 0 Å². The van der Waals surface area contributed by atoms with Crippen molar-refractivity contribution in [2.45, 2.75) is 0 Å². The SMILES string of the molecule is COC(=O)c1cc(C#N)cc2c1ccn2-c1ccc(F)cc1. The average molecular weight is 294 g/mol. The summed E-state index contributed by atoms with van der Waals surface area (Å²) < 4.78 is 19.6. The molecule has 0 aliphatic heterocycles. The minimum Gasteiger partial charge on any atom is -0.465 e. The number of hydrogen-bond acceptors (Lipinski definition) is 3. The first-order chi connectivity index (χ1) is 10.6. The van der Waals surface area contributed by atoms with Gasteiger partial charge >= 0.3 is 5.97 Å². The molecular weight excluding hydrogens is 283 g/mol. The Kier molecular flexibility index (Phi) is 3.36. The second-order valence-corrected chi connectivity index (χ2v) is 4.72. The Morgan fingerprint density at radius 3 is 2.59 bits per heavy atom. The van der Waals surface area contributed by atoms with Crippen LogP contribution in [0.4, 0.5) is 4.39 Å². The Labute approximate surface area is 126 Å². The van der Waals surface area contributed by atoms with Crippen LogP contribution in [0.1, 0.15) is 15.9 Å². The highest BCUT2D eigenvalue weighted by Crippen LogP contribution is 2.26. The molecule has 3 rings (SSSR count). The lowest BCUT2D eigenvalue weighted by molar-refractivity contribution is 0.0603. The van der Waals surface area contributed by atoms with Crippen molar-refractivity contribution in [3.05, 3.63) is 65.6 Å². The van der Waals surface area contributed by atoms with Crippen LogP contribution in [-0.4, -0.2) is 17.6 Å². The molecule has 0 bridgehead atoms. The number of nitrogens with zero attached hydrogens (tertiary/aromatic N) is 2. The van der Waals surface area contributed by atoms with Gasteiger partial charge < -0.3 is 9.30 Å². The highest BCUT2D eigenvalue weighted by atomic mass is 19.1. The molecule has 22 heavy (non-hydrogen) atoms. The summed E-state index contributed by atoms with van der Waals surface area (Å²) in [5, 5.41) is 9.83. The quantitative estimate of drug-likeness (QED) is 0.680. The third kappa shape index (κ3) is 2.21.